The molecule has 0 aliphatic rings. The molecule has 20 heavy (non-hydrogen) atoms. The number of anilines is 1. The molecule has 3 aromatic rings. The van der Waals surface area contributed by atoms with Crippen molar-refractivity contribution < 1.29 is 13.2 Å². The van der Waals surface area contributed by atoms with E-state index in [0.29, 0.717) is 12.4 Å². The Hall–Kier alpha value is -2.16. The van der Waals surface area contributed by atoms with Crippen molar-refractivity contribution in [3.05, 3.63) is 40.7 Å². The smallest absolute Gasteiger partial charge is 0.362 e. The highest BCUT2D eigenvalue weighted by Gasteiger charge is 2.34. The van der Waals surface area contributed by atoms with Crippen molar-refractivity contribution in [2.45, 2.75) is 12.7 Å². The van der Waals surface area contributed by atoms with Gasteiger partial charge in [-0.05, 0) is 0 Å². The number of aromatic nitrogens is 4. The molecule has 3 rings (SSSR count). The minimum Gasteiger partial charge on any atom is -0.362 e. The molecule has 0 unspecified atom stereocenters. The Morgan fingerprint density at radius 2 is 2.10 bits per heavy atom. The molecule has 0 radical (unpaired) electrons. The minimum atomic E-state index is -4.47. The van der Waals surface area contributed by atoms with Gasteiger partial charge in [0.2, 0.25) is 0 Å². The van der Waals surface area contributed by atoms with Crippen molar-refractivity contribution in [1.29, 1.82) is 0 Å². The molecule has 0 atom stereocenters. The number of thiazole rings is 1. The summed E-state index contributed by atoms with van der Waals surface area (Å²) >= 11 is 1.45. The minimum absolute atomic E-state index is 0.274. The zero-order chi connectivity index (χ0) is 14.2. The van der Waals surface area contributed by atoms with E-state index in [4.69, 9.17) is 0 Å². The van der Waals surface area contributed by atoms with Gasteiger partial charge in [0.05, 0.1) is 6.54 Å². The zero-order valence-electron chi connectivity index (χ0n) is 9.92. The monoisotopic (exact) mass is 299 g/mol. The van der Waals surface area contributed by atoms with Crippen LogP contribution in [0.3, 0.4) is 0 Å². The second-order valence-electron chi connectivity index (χ2n) is 3.91. The molecule has 3 heterocycles. The van der Waals surface area contributed by atoms with Gasteiger partial charge in [0.25, 0.3) is 0 Å². The maximum atomic E-state index is 12.6. The number of nitrogens with one attached hydrogen (secondary N) is 1. The quantitative estimate of drug-likeness (QED) is 0.808. The van der Waals surface area contributed by atoms with Crippen LogP contribution in [-0.2, 0) is 12.7 Å². The summed E-state index contributed by atoms with van der Waals surface area (Å²) in [5.74, 6) is 0.339. The lowest BCUT2D eigenvalue weighted by molar-refractivity contribution is -0.141. The van der Waals surface area contributed by atoms with Crippen LogP contribution in [0.4, 0.5) is 19.0 Å². The molecule has 104 valence electrons. The Labute approximate surface area is 115 Å². The summed E-state index contributed by atoms with van der Waals surface area (Å²) < 4.78 is 39.1. The average Bonchev–Trinajstić information content (AvgIpc) is 3.04. The topological polar surface area (TPSA) is 55.1 Å². The third-order valence-corrected chi connectivity index (χ3v) is 3.35. The van der Waals surface area contributed by atoms with Gasteiger partial charge in [-0.2, -0.15) is 18.3 Å². The summed E-state index contributed by atoms with van der Waals surface area (Å²) in [4.78, 5) is 8.12. The van der Waals surface area contributed by atoms with Crippen molar-refractivity contribution in [3.8, 4) is 0 Å². The summed E-state index contributed by atoms with van der Waals surface area (Å²) in [7, 11) is 0. The van der Waals surface area contributed by atoms with Crippen LogP contribution in [-0.4, -0.2) is 19.6 Å². The van der Waals surface area contributed by atoms with Crippen molar-refractivity contribution in [3.63, 3.8) is 0 Å². The third-order valence-electron chi connectivity index (χ3n) is 2.57. The Morgan fingerprint density at radius 1 is 1.25 bits per heavy atom. The summed E-state index contributed by atoms with van der Waals surface area (Å²) in [5.41, 5.74) is -0.667. The SMILES string of the molecule is FC(F)(F)c1cc2c(NCc3nccs3)nccn2n1. The Balaban J connectivity index is 1.92. The van der Waals surface area contributed by atoms with E-state index in [0.717, 1.165) is 15.6 Å². The highest BCUT2D eigenvalue weighted by Crippen LogP contribution is 2.30. The molecule has 1 N–H and O–H groups in total. The number of rotatable bonds is 3. The third kappa shape index (κ3) is 2.44. The van der Waals surface area contributed by atoms with Gasteiger partial charge in [0.15, 0.2) is 11.5 Å². The lowest BCUT2D eigenvalue weighted by atomic mass is 10.3. The van der Waals surface area contributed by atoms with Gasteiger partial charge in [0.1, 0.15) is 10.5 Å². The van der Waals surface area contributed by atoms with Gasteiger partial charge in [-0.1, -0.05) is 0 Å². The Kier molecular flexibility index (Phi) is 3.05. The first-order valence-corrected chi connectivity index (χ1v) is 6.46. The molecule has 9 heteroatoms. The summed E-state index contributed by atoms with van der Waals surface area (Å²) in [5, 5.41) is 9.10. The van der Waals surface area contributed by atoms with Crippen LogP contribution >= 0.6 is 11.3 Å². The van der Waals surface area contributed by atoms with E-state index in [9.17, 15) is 13.2 Å². The van der Waals surface area contributed by atoms with Gasteiger partial charge in [-0.15, -0.1) is 11.3 Å². The van der Waals surface area contributed by atoms with Gasteiger partial charge in [0, 0.05) is 30.0 Å². The van der Waals surface area contributed by atoms with Crippen LogP contribution in [0.2, 0.25) is 0 Å². The van der Waals surface area contributed by atoms with Gasteiger partial charge >= 0.3 is 6.18 Å². The lowest BCUT2D eigenvalue weighted by Crippen LogP contribution is -2.05. The summed E-state index contributed by atoms with van der Waals surface area (Å²) in [6.45, 7) is 0.400. The second kappa shape index (κ2) is 4.75. The molecular formula is C11H8F3N5S. The van der Waals surface area contributed by atoms with Gasteiger partial charge < -0.3 is 5.32 Å². The number of hydrogen-bond acceptors (Lipinski definition) is 5. The van der Waals surface area contributed by atoms with Crippen LogP contribution in [0.5, 0.6) is 0 Å². The maximum Gasteiger partial charge on any atom is 0.435 e. The molecular weight excluding hydrogens is 291 g/mol. The van der Waals surface area contributed by atoms with Crippen LogP contribution in [0.1, 0.15) is 10.7 Å². The largest absolute Gasteiger partial charge is 0.435 e. The Bertz CT molecular complexity index is 719. The van der Waals surface area contributed by atoms with Crippen molar-refractivity contribution >= 4 is 22.7 Å². The molecule has 0 spiro atoms. The molecule has 0 saturated carbocycles. The highest BCUT2D eigenvalue weighted by atomic mass is 32.1. The lowest BCUT2D eigenvalue weighted by Gasteiger charge is -2.04. The predicted molar refractivity (Wildman–Crippen MR) is 67.4 cm³/mol. The molecule has 0 aliphatic heterocycles. The first-order chi connectivity index (χ1) is 9.54. The fourth-order valence-corrected chi connectivity index (χ4v) is 2.25. The standard InChI is InChI=1S/C11H8F3N5S/c12-11(13,14)8-5-7-10(16-1-3-19(7)18-8)17-6-9-15-2-4-20-9/h1-5H,6H2,(H,16,17). The molecule has 0 fully saturated rings. The van der Waals surface area contributed by atoms with Crippen LogP contribution < -0.4 is 5.32 Å². The average molecular weight is 299 g/mol. The summed E-state index contributed by atoms with van der Waals surface area (Å²) in [6.07, 6.45) is -0.0433. The summed E-state index contributed by atoms with van der Waals surface area (Å²) in [6, 6.07) is 0.969. The number of nitrogens with zero attached hydrogens (tertiary/aromatic N) is 4. The molecule has 0 aliphatic carbocycles. The van der Waals surface area contributed by atoms with Gasteiger partial charge in [-0.3, -0.25) is 0 Å². The van der Waals surface area contributed by atoms with Crippen molar-refractivity contribution in [2.75, 3.05) is 5.32 Å². The van der Waals surface area contributed by atoms with Crippen LogP contribution in [0.15, 0.2) is 30.0 Å². The number of hydrogen-bond donors (Lipinski definition) is 1. The fourth-order valence-electron chi connectivity index (χ4n) is 1.70. The first-order valence-electron chi connectivity index (χ1n) is 5.58. The van der Waals surface area contributed by atoms with E-state index >= 15 is 0 Å². The molecule has 3 aromatic heterocycles. The van der Waals surface area contributed by atoms with Crippen LogP contribution in [0.25, 0.3) is 5.52 Å². The number of alkyl halides is 3. The van der Waals surface area contributed by atoms with E-state index in [1.165, 1.54) is 23.7 Å². The van der Waals surface area contributed by atoms with Crippen LogP contribution in [0, 0.1) is 0 Å². The molecule has 0 bridgehead atoms. The molecule has 0 saturated heterocycles. The van der Waals surface area contributed by atoms with E-state index in [1.54, 1.807) is 6.20 Å². The van der Waals surface area contributed by atoms with E-state index in [2.05, 4.69) is 20.4 Å². The van der Waals surface area contributed by atoms with Crippen molar-refractivity contribution in [2.24, 2.45) is 0 Å². The fraction of sp³-hybridized carbons (Fsp3) is 0.182. The van der Waals surface area contributed by atoms with Crippen molar-refractivity contribution in [1.82, 2.24) is 19.6 Å². The highest BCUT2D eigenvalue weighted by molar-refractivity contribution is 7.09. The number of fused-ring (bicyclic) bond motifs is 1. The van der Waals surface area contributed by atoms with E-state index in [-0.39, 0.29) is 5.52 Å². The molecule has 0 aromatic carbocycles. The zero-order valence-corrected chi connectivity index (χ0v) is 10.7. The first kappa shape index (κ1) is 12.9. The molecule has 5 nitrogen and oxygen atoms in total. The number of halogens is 3. The van der Waals surface area contributed by atoms with E-state index in [1.807, 2.05) is 5.38 Å². The Morgan fingerprint density at radius 3 is 2.80 bits per heavy atom. The molecule has 0 amide bonds. The van der Waals surface area contributed by atoms with Gasteiger partial charge in [-0.25, -0.2) is 14.5 Å². The second-order valence-corrected chi connectivity index (χ2v) is 4.89. The normalized spacial score (nSPS) is 11.9. The van der Waals surface area contributed by atoms with E-state index < -0.39 is 11.9 Å². The predicted octanol–water partition coefficient (Wildman–Crippen LogP) is 2.82. The maximum absolute atomic E-state index is 12.6.